The lowest BCUT2D eigenvalue weighted by molar-refractivity contribution is -0.134. The predicted molar refractivity (Wildman–Crippen MR) is 74.0 cm³/mol. The molecule has 0 atom stereocenters. The van der Waals surface area contributed by atoms with Gasteiger partial charge in [-0.3, -0.25) is 19.5 Å². The van der Waals surface area contributed by atoms with Crippen molar-refractivity contribution in [2.45, 2.75) is 25.5 Å². The second kappa shape index (κ2) is 7.19. The van der Waals surface area contributed by atoms with Crippen molar-refractivity contribution in [3.05, 3.63) is 32.8 Å². The number of nitrogens with one attached hydrogen (secondary N) is 1. The molecule has 0 spiro atoms. The number of nitrogens with zero attached hydrogens (tertiary/aromatic N) is 2. The number of ether oxygens (including phenoxy) is 1. The highest BCUT2D eigenvalue weighted by molar-refractivity contribution is 5.75. The zero-order valence-corrected chi connectivity index (χ0v) is 11.7. The molecule has 116 valence electrons. The summed E-state index contributed by atoms with van der Waals surface area (Å²) < 4.78 is 6.44. The Bertz CT molecular complexity index is 586. The van der Waals surface area contributed by atoms with E-state index in [2.05, 4.69) is 5.10 Å². The molecule has 0 unspecified atom stereocenters. The summed E-state index contributed by atoms with van der Waals surface area (Å²) in [6.45, 7) is 1.21. The quantitative estimate of drug-likeness (QED) is 0.691. The fourth-order valence-electron chi connectivity index (χ4n) is 2.31. The van der Waals surface area contributed by atoms with E-state index in [9.17, 15) is 14.4 Å². The molecule has 1 aromatic rings. The van der Waals surface area contributed by atoms with Gasteiger partial charge in [-0.25, -0.2) is 4.68 Å². The molecule has 0 aromatic carbocycles. The molecule has 1 aromatic heterocycles. The normalized spacial score (nSPS) is 16.1. The van der Waals surface area contributed by atoms with Crippen LogP contribution in [0.5, 0.6) is 0 Å². The Morgan fingerprint density at radius 2 is 2.05 bits per heavy atom. The lowest BCUT2D eigenvalue weighted by Crippen LogP contribution is -2.44. The van der Waals surface area contributed by atoms with Crippen molar-refractivity contribution in [1.29, 1.82) is 0 Å². The predicted octanol–water partition coefficient (Wildman–Crippen LogP) is -1.46. The standard InChI is InChI=1S/C13H19N3O5/c17-7-8-21-10-3-5-15(6-4-10)13(20)9-16-12(19)2-1-11(18)14-16/h1-2,10,17H,3-9H2,(H,14,18). The average Bonchev–Trinajstić information content (AvgIpc) is 2.49. The van der Waals surface area contributed by atoms with Crippen LogP contribution in [0.2, 0.25) is 0 Å². The maximum absolute atomic E-state index is 12.1. The van der Waals surface area contributed by atoms with E-state index >= 15 is 0 Å². The van der Waals surface area contributed by atoms with Gasteiger partial charge in [-0.05, 0) is 12.8 Å². The van der Waals surface area contributed by atoms with Gasteiger partial charge in [0.25, 0.3) is 11.1 Å². The number of carbonyl (C=O) groups excluding carboxylic acids is 1. The van der Waals surface area contributed by atoms with Gasteiger partial charge in [-0.1, -0.05) is 0 Å². The number of aromatic nitrogens is 2. The number of amides is 1. The number of hydrogen-bond acceptors (Lipinski definition) is 5. The lowest BCUT2D eigenvalue weighted by Gasteiger charge is -2.31. The molecule has 1 saturated heterocycles. The highest BCUT2D eigenvalue weighted by Crippen LogP contribution is 2.13. The number of carbonyl (C=O) groups is 1. The highest BCUT2D eigenvalue weighted by atomic mass is 16.5. The third-order valence-corrected chi connectivity index (χ3v) is 3.42. The van der Waals surface area contributed by atoms with Crippen molar-refractivity contribution < 1.29 is 14.6 Å². The summed E-state index contributed by atoms with van der Waals surface area (Å²) in [4.78, 5) is 36.5. The fourth-order valence-corrected chi connectivity index (χ4v) is 2.31. The number of hydrogen-bond donors (Lipinski definition) is 2. The summed E-state index contributed by atoms with van der Waals surface area (Å²) >= 11 is 0. The van der Waals surface area contributed by atoms with Crippen LogP contribution in [0, 0.1) is 0 Å². The zero-order chi connectivity index (χ0) is 15.2. The van der Waals surface area contributed by atoms with Crippen LogP contribution in [-0.4, -0.2) is 58.1 Å². The van der Waals surface area contributed by atoms with E-state index in [0.29, 0.717) is 32.5 Å². The Balaban J connectivity index is 1.89. The van der Waals surface area contributed by atoms with E-state index in [-0.39, 0.29) is 25.2 Å². The maximum atomic E-state index is 12.1. The number of aromatic amines is 1. The lowest BCUT2D eigenvalue weighted by atomic mass is 10.1. The van der Waals surface area contributed by atoms with Crippen molar-refractivity contribution >= 4 is 5.91 Å². The van der Waals surface area contributed by atoms with Gasteiger partial charge >= 0.3 is 0 Å². The summed E-state index contributed by atoms with van der Waals surface area (Å²) in [5, 5.41) is 11.0. The van der Waals surface area contributed by atoms with Gasteiger partial charge in [0.05, 0.1) is 19.3 Å². The van der Waals surface area contributed by atoms with Gasteiger partial charge in [0.2, 0.25) is 5.91 Å². The molecule has 2 N–H and O–H groups in total. The van der Waals surface area contributed by atoms with Crippen molar-refractivity contribution in [3.63, 3.8) is 0 Å². The van der Waals surface area contributed by atoms with Gasteiger partial charge in [-0.2, -0.15) is 0 Å². The Kier molecular flexibility index (Phi) is 5.29. The number of aliphatic hydroxyl groups is 1. The van der Waals surface area contributed by atoms with Gasteiger partial charge in [0.15, 0.2) is 0 Å². The number of piperidine rings is 1. The first kappa shape index (κ1) is 15.5. The molecule has 0 radical (unpaired) electrons. The topological polar surface area (TPSA) is 105 Å². The van der Waals surface area contributed by atoms with E-state index in [1.54, 1.807) is 4.90 Å². The Morgan fingerprint density at radius 1 is 1.33 bits per heavy atom. The summed E-state index contributed by atoms with van der Waals surface area (Å²) in [5.41, 5.74) is -0.831. The van der Waals surface area contributed by atoms with Crippen LogP contribution in [0.3, 0.4) is 0 Å². The second-order valence-electron chi connectivity index (χ2n) is 4.91. The molecule has 21 heavy (non-hydrogen) atoms. The molecule has 8 heteroatoms. The summed E-state index contributed by atoms with van der Waals surface area (Å²) in [7, 11) is 0. The maximum Gasteiger partial charge on any atom is 0.265 e. The average molecular weight is 297 g/mol. The number of likely N-dealkylation sites (tertiary alicyclic amines) is 1. The van der Waals surface area contributed by atoms with Gasteiger partial charge < -0.3 is 14.7 Å². The highest BCUT2D eigenvalue weighted by Gasteiger charge is 2.23. The van der Waals surface area contributed by atoms with Gasteiger partial charge in [0.1, 0.15) is 6.54 Å². The van der Waals surface area contributed by atoms with Crippen molar-refractivity contribution in [3.8, 4) is 0 Å². The van der Waals surface area contributed by atoms with E-state index < -0.39 is 11.1 Å². The molecular weight excluding hydrogens is 278 g/mol. The Hall–Kier alpha value is -1.93. The first-order valence-corrected chi connectivity index (χ1v) is 6.90. The first-order valence-electron chi connectivity index (χ1n) is 6.90. The van der Waals surface area contributed by atoms with Crippen molar-refractivity contribution in [2.75, 3.05) is 26.3 Å². The Labute approximate surface area is 120 Å². The van der Waals surface area contributed by atoms with E-state index in [0.717, 1.165) is 16.8 Å². The van der Waals surface area contributed by atoms with E-state index in [1.165, 1.54) is 0 Å². The van der Waals surface area contributed by atoms with Crippen LogP contribution in [0.1, 0.15) is 12.8 Å². The van der Waals surface area contributed by atoms with Crippen LogP contribution in [0.25, 0.3) is 0 Å². The molecule has 1 aliphatic rings. The summed E-state index contributed by atoms with van der Waals surface area (Å²) in [5.74, 6) is -0.209. The van der Waals surface area contributed by atoms with E-state index in [1.807, 2.05) is 0 Å². The third-order valence-electron chi connectivity index (χ3n) is 3.42. The smallest absolute Gasteiger partial charge is 0.265 e. The molecule has 0 aliphatic carbocycles. The fraction of sp³-hybridized carbons (Fsp3) is 0.615. The minimum Gasteiger partial charge on any atom is -0.394 e. The van der Waals surface area contributed by atoms with Crippen molar-refractivity contribution in [2.24, 2.45) is 0 Å². The molecule has 0 bridgehead atoms. The van der Waals surface area contributed by atoms with Gasteiger partial charge in [0, 0.05) is 25.2 Å². The van der Waals surface area contributed by atoms with Crippen LogP contribution in [0.4, 0.5) is 0 Å². The summed E-state index contributed by atoms with van der Waals surface area (Å²) in [6.07, 6.45) is 1.46. The minimum absolute atomic E-state index is 0.0105. The SMILES string of the molecule is O=C(Cn1[nH]c(=O)ccc1=O)N1CCC(OCCO)CC1. The molecule has 8 nitrogen and oxygen atoms in total. The zero-order valence-electron chi connectivity index (χ0n) is 11.7. The minimum atomic E-state index is -0.418. The first-order chi connectivity index (χ1) is 10.1. The van der Waals surface area contributed by atoms with Crippen molar-refractivity contribution in [1.82, 2.24) is 14.7 Å². The Morgan fingerprint density at radius 3 is 2.71 bits per heavy atom. The summed E-state index contributed by atoms with van der Waals surface area (Å²) in [6, 6.07) is 2.27. The number of aliphatic hydroxyl groups excluding tert-OH is 1. The van der Waals surface area contributed by atoms with E-state index in [4.69, 9.17) is 9.84 Å². The van der Waals surface area contributed by atoms with Crippen LogP contribution < -0.4 is 11.1 Å². The molecule has 1 amide bonds. The molecular formula is C13H19N3O5. The molecule has 1 fully saturated rings. The number of H-pyrrole nitrogens is 1. The van der Waals surface area contributed by atoms with Gasteiger partial charge in [-0.15, -0.1) is 0 Å². The van der Waals surface area contributed by atoms with Crippen LogP contribution in [-0.2, 0) is 16.1 Å². The molecule has 2 heterocycles. The second-order valence-corrected chi connectivity index (χ2v) is 4.91. The monoisotopic (exact) mass is 297 g/mol. The molecule has 0 saturated carbocycles. The molecule has 2 rings (SSSR count). The molecule has 1 aliphatic heterocycles. The largest absolute Gasteiger partial charge is 0.394 e. The third kappa shape index (κ3) is 4.27. The van der Waals surface area contributed by atoms with Crippen LogP contribution >= 0.6 is 0 Å². The number of rotatable bonds is 5. The van der Waals surface area contributed by atoms with Crippen LogP contribution in [0.15, 0.2) is 21.7 Å².